The van der Waals surface area contributed by atoms with E-state index in [1.54, 1.807) is 12.4 Å². The van der Waals surface area contributed by atoms with E-state index in [4.69, 9.17) is 19.8 Å². The van der Waals surface area contributed by atoms with Gasteiger partial charge in [0, 0.05) is 45.7 Å². The summed E-state index contributed by atoms with van der Waals surface area (Å²) >= 11 is 0. The van der Waals surface area contributed by atoms with Gasteiger partial charge in [0.2, 0.25) is 0 Å². The molecule has 0 bridgehead atoms. The lowest BCUT2D eigenvalue weighted by Gasteiger charge is -2.35. The Balaban J connectivity index is 1.72. The highest BCUT2D eigenvalue weighted by Crippen LogP contribution is 2.51. The van der Waals surface area contributed by atoms with E-state index >= 15 is 0 Å². The number of nitrogens with two attached hydrogens (primary N) is 1. The largest absolute Gasteiger partial charge is 0.377 e. The molecule has 1 aliphatic carbocycles. The van der Waals surface area contributed by atoms with E-state index < -0.39 is 14.5 Å². The molecule has 0 spiro atoms. The van der Waals surface area contributed by atoms with Crippen LogP contribution in [-0.4, -0.2) is 55.8 Å². The number of anilines is 1. The molecule has 5 rings (SSSR count). The Hall–Kier alpha value is -2.49. The standard InChI is InChI=1S/C20H24N6O2S/c1-13-12-28-8-7-26(13)18-9-17(20(4-5-20)29(2,21)27)24-19(25-18)15-10-22-11-16-14(15)3-6-23-16/h3,6,9-11,13,23H,2,4-5,7-8,12H2,1H3,(H2,21,27). The maximum Gasteiger partial charge on any atom is 0.164 e. The highest BCUT2D eigenvalue weighted by molar-refractivity contribution is 7.99. The van der Waals surface area contributed by atoms with E-state index in [1.807, 2.05) is 18.3 Å². The van der Waals surface area contributed by atoms with Gasteiger partial charge in [-0.25, -0.2) is 9.97 Å². The van der Waals surface area contributed by atoms with Gasteiger partial charge in [-0.3, -0.25) is 14.3 Å². The van der Waals surface area contributed by atoms with Gasteiger partial charge in [-0.2, -0.15) is 0 Å². The fourth-order valence-electron chi connectivity index (χ4n) is 4.05. The maximum absolute atomic E-state index is 12.8. The number of hydrogen-bond donors (Lipinski definition) is 2. The van der Waals surface area contributed by atoms with Gasteiger partial charge in [0.15, 0.2) is 5.82 Å². The monoisotopic (exact) mass is 412 g/mol. The lowest BCUT2D eigenvalue weighted by atomic mass is 10.1. The average molecular weight is 413 g/mol. The Morgan fingerprint density at radius 3 is 2.93 bits per heavy atom. The van der Waals surface area contributed by atoms with Gasteiger partial charge in [-0.15, -0.1) is 0 Å². The van der Waals surface area contributed by atoms with Gasteiger partial charge in [-0.1, -0.05) is 0 Å². The maximum atomic E-state index is 12.8. The summed E-state index contributed by atoms with van der Waals surface area (Å²) in [5.41, 5.74) is 2.45. The zero-order valence-electron chi connectivity index (χ0n) is 16.3. The van der Waals surface area contributed by atoms with Crippen molar-refractivity contribution in [3.8, 4) is 11.4 Å². The number of H-pyrrole nitrogens is 1. The lowest BCUT2D eigenvalue weighted by molar-refractivity contribution is 0.0985. The molecular formula is C20H24N6O2S. The number of nitrogens with one attached hydrogen (secondary N) is 1. The van der Waals surface area contributed by atoms with Crippen molar-refractivity contribution in [3.05, 3.63) is 36.4 Å². The summed E-state index contributed by atoms with van der Waals surface area (Å²) in [4.78, 5) is 19.4. The molecule has 8 nitrogen and oxygen atoms in total. The first-order valence-electron chi connectivity index (χ1n) is 9.69. The third-order valence-corrected chi connectivity index (χ3v) is 7.86. The van der Waals surface area contributed by atoms with E-state index in [9.17, 15) is 4.21 Å². The Morgan fingerprint density at radius 1 is 1.38 bits per heavy atom. The molecule has 2 atom stereocenters. The summed E-state index contributed by atoms with van der Waals surface area (Å²) in [5, 5.41) is 7.02. The van der Waals surface area contributed by atoms with Crippen LogP contribution < -0.4 is 10.0 Å². The van der Waals surface area contributed by atoms with Crippen molar-refractivity contribution in [1.82, 2.24) is 19.9 Å². The summed E-state index contributed by atoms with van der Waals surface area (Å²) in [7, 11) is -2.79. The van der Waals surface area contributed by atoms with E-state index in [0.717, 1.165) is 28.8 Å². The molecule has 3 aromatic rings. The molecule has 4 heterocycles. The van der Waals surface area contributed by atoms with E-state index in [-0.39, 0.29) is 6.04 Å². The fourth-order valence-corrected chi connectivity index (χ4v) is 5.30. The van der Waals surface area contributed by atoms with E-state index in [2.05, 4.69) is 27.7 Å². The van der Waals surface area contributed by atoms with Crippen molar-refractivity contribution in [1.29, 1.82) is 0 Å². The van der Waals surface area contributed by atoms with E-state index in [1.165, 1.54) is 0 Å². The minimum atomic E-state index is -2.79. The lowest BCUT2D eigenvalue weighted by Crippen LogP contribution is -2.44. The molecule has 2 unspecified atom stereocenters. The van der Waals surface area contributed by atoms with Gasteiger partial charge >= 0.3 is 0 Å². The summed E-state index contributed by atoms with van der Waals surface area (Å²) in [6.45, 7) is 4.12. The van der Waals surface area contributed by atoms with Gasteiger partial charge in [0.1, 0.15) is 5.82 Å². The third kappa shape index (κ3) is 3.00. The summed E-state index contributed by atoms with van der Waals surface area (Å²) in [5.74, 6) is 5.13. The van der Waals surface area contributed by atoms with Crippen LogP contribution in [0.4, 0.5) is 5.82 Å². The SMILES string of the molecule is C=S(N)(=O)C1(c2cc(N3CCOCC3C)nc(-c3cncc4[nH]ccc34)n2)CC1. The van der Waals surface area contributed by atoms with Crippen LogP contribution in [0.3, 0.4) is 0 Å². The molecule has 3 N–H and O–H groups in total. The molecule has 1 saturated heterocycles. The molecule has 1 saturated carbocycles. The van der Waals surface area contributed by atoms with Gasteiger partial charge in [-0.05, 0) is 31.7 Å². The van der Waals surface area contributed by atoms with Crippen molar-refractivity contribution in [3.63, 3.8) is 0 Å². The summed E-state index contributed by atoms with van der Waals surface area (Å²) < 4.78 is 17.7. The normalized spacial score (nSPS) is 23.1. The molecule has 3 aromatic heterocycles. The smallest absolute Gasteiger partial charge is 0.164 e. The van der Waals surface area contributed by atoms with E-state index in [0.29, 0.717) is 37.6 Å². The van der Waals surface area contributed by atoms with Crippen molar-refractivity contribution < 1.29 is 8.95 Å². The number of rotatable bonds is 4. The zero-order chi connectivity index (χ0) is 20.2. The Labute approximate surface area is 169 Å². The molecular weight excluding hydrogens is 388 g/mol. The number of morpholine rings is 1. The number of nitrogens with zero attached hydrogens (tertiary/aromatic N) is 4. The number of fused-ring (bicyclic) bond motifs is 1. The first-order chi connectivity index (χ1) is 13.9. The third-order valence-electron chi connectivity index (χ3n) is 5.92. The molecule has 152 valence electrons. The predicted molar refractivity (Wildman–Crippen MR) is 115 cm³/mol. The van der Waals surface area contributed by atoms with Crippen LogP contribution >= 0.6 is 0 Å². The number of pyridine rings is 1. The molecule has 1 aliphatic heterocycles. The molecule has 0 amide bonds. The van der Waals surface area contributed by atoms with Crippen molar-refractivity contribution in [2.75, 3.05) is 24.7 Å². The Bertz CT molecular complexity index is 1180. The summed E-state index contributed by atoms with van der Waals surface area (Å²) in [6.07, 6.45) is 6.85. The van der Waals surface area contributed by atoms with Crippen LogP contribution in [0.25, 0.3) is 22.3 Å². The Morgan fingerprint density at radius 2 is 2.21 bits per heavy atom. The van der Waals surface area contributed by atoms with Gasteiger partial charge in [0.05, 0.1) is 41.4 Å². The first-order valence-corrected chi connectivity index (χ1v) is 11.5. The van der Waals surface area contributed by atoms with Crippen LogP contribution in [0.5, 0.6) is 0 Å². The number of ether oxygens (including phenoxy) is 1. The molecule has 9 heteroatoms. The second kappa shape index (κ2) is 6.51. The van der Waals surface area contributed by atoms with Crippen LogP contribution in [0.1, 0.15) is 25.5 Å². The minimum absolute atomic E-state index is 0.178. The molecule has 0 radical (unpaired) electrons. The molecule has 2 aliphatic rings. The number of aromatic amines is 1. The van der Waals surface area contributed by atoms with Gasteiger partial charge < -0.3 is 14.6 Å². The Kier molecular flexibility index (Phi) is 4.16. The van der Waals surface area contributed by atoms with Gasteiger partial charge in [0.25, 0.3) is 0 Å². The second-order valence-electron chi connectivity index (χ2n) is 7.90. The highest BCUT2D eigenvalue weighted by atomic mass is 32.2. The zero-order valence-corrected chi connectivity index (χ0v) is 17.1. The van der Waals surface area contributed by atoms with Crippen LogP contribution in [0, 0.1) is 0 Å². The highest BCUT2D eigenvalue weighted by Gasteiger charge is 2.52. The summed E-state index contributed by atoms with van der Waals surface area (Å²) in [6, 6.07) is 4.10. The first kappa shape index (κ1) is 18.5. The van der Waals surface area contributed by atoms with Crippen molar-refractivity contribution >= 4 is 32.3 Å². The molecule has 2 fully saturated rings. The molecule has 0 aromatic carbocycles. The number of hydrogen-bond acceptors (Lipinski definition) is 6. The second-order valence-corrected chi connectivity index (χ2v) is 10.1. The van der Waals surface area contributed by atoms with Crippen molar-refractivity contribution in [2.45, 2.75) is 30.6 Å². The van der Waals surface area contributed by atoms with Crippen LogP contribution in [-0.2, 0) is 19.2 Å². The topological polar surface area (TPSA) is 110 Å². The van der Waals surface area contributed by atoms with Crippen LogP contribution in [0.2, 0.25) is 0 Å². The quantitative estimate of drug-likeness (QED) is 0.633. The minimum Gasteiger partial charge on any atom is -0.377 e. The molecule has 29 heavy (non-hydrogen) atoms. The van der Waals surface area contributed by atoms with Crippen LogP contribution in [0.15, 0.2) is 30.7 Å². The van der Waals surface area contributed by atoms with Crippen molar-refractivity contribution in [2.24, 2.45) is 5.14 Å². The number of aromatic nitrogens is 4. The fraction of sp³-hybridized carbons (Fsp3) is 0.400. The predicted octanol–water partition coefficient (Wildman–Crippen LogP) is 1.82. The average Bonchev–Trinajstić information content (AvgIpc) is 3.39.